The Balaban J connectivity index is 2.20. The van der Waals surface area contributed by atoms with Crippen molar-refractivity contribution in [1.29, 1.82) is 0 Å². The molecule has 1 N–H and O–H groups in total. The molecule has 0 aliphatic heterocycles. The van der Waals surface area contributed by atoms with Gasteiger partial charge in [0, 0.05) is 5.56 Å². The Morgan fingerprint density at radius 1 is 1.14 bits per heavy atom. The third-order valence-corrected chi connectivity index (χ3v) is 3.34. The van der Waals surface area contributed by atoms with Gasteiger partial charge in [-0.15, -0.1) is 5.10 Å². The predicted molar refractivity (Wildman–Crippen MR) is 77.4 cm³/mol. The van der Waals surface area contributed by atoms with Crippen LogP contribution in [0.2, 0.25) is 0 Å². The smallest absolute Gasteiger partial charge is 0.128 e. The molecule has 0 atom stereocenters. The molecule has 2 aromatic carbocycles. The van der Waals surface area contributed by atoms with Gasteiger partial charge in [0.25, 0.3) is 0 Å². The van der Waals surface area contributed by atoms with Crippen LogP contribution < -0.4 is 0 Å². The zero-order valence-corrected chi connectivity index (χ0v) is 11.5. The Bertz CT molecular complexity index is 768. The van der Waals surface area contributed by atoms with Crippen molar-refractivity contribution in [2.24, 2.45) is 0 Å². The van der Waals surface area contributed by atoms with Crippen LogP contribution in [0.1, 0.15) is 11.3 Å². The average molecular weight is 283 g/mol. The molecule has 21 heavy (non-hydrogen) atoms. The first kappa shape index (κ1) is 13.5. The average Bonchev–Trinajstić information content (AvgIpc) is 2.95. The molecule has 0 saturated carbocycles. The standard InChI is InChI=1S/C16H14FN3O/c1-11-7-8-13(9-14(11)17)20-16(15(10-21)18-19-20)12-5-3-2-4-6-12/h2-9,21H,10H2,1H3. The SMILES string of the molecule is Cc1ccc(-n2nnc(CO)c2-c2ccccc2)cc1F. The van der Waals surface area contributed by atoms with Crippen LogP contribution in [0, 0.1) is 12.7 Å². The van der Waals surface area contributed by atoms with Crippen molar-refractivity contribution in [2.45, 2.75) is 13.5 Å². The molecule has 106 valence electrons. The summed E-state index contributed by atoms with van der Waals surface area (Å²) < 4.78 is 15.3. The van der Waals surface area contributed by atoms with Gasteiger partial charge in [-0.1, -0.05) is 41.6 Å². The first-order valence-electron chi connectivity index (χ1n) is 6.58. The van der Waals surface area contributed by atoms with Crippen LogP contribution in [-0.4, -0.2) is 20.1 Å². The minimum Gasteiger partial charge on any atom is -0.390 e. The van der Waals surface area contributed by atoms with E-state index in [0.29, 0.717) is 22.6 Å². The van der Waals surface area contributed by atoms with Crippen molar-refractivity contribution in [3.05, 3.63) is 65.6 Å². The summed E-state index contributed by atoms with van der Waals surface area (Å²) in [6, 6.07) is 14.4. The summed E-state index contributed by atoms with van der Waals surface area (Å²) in [6.07, 6.45) is 0. The topological polar surface area (TPSA) is 50.9 Å². The lowest BCUT2D eigenvalue weighted by atomic mass is 10.1. The normalized spacial score (nSPS) is 10.8. The Kier molecular flexibility index (Phi) is 3.50. The highest BCUT2D eigenvalue weighted by Gasteiger charge is 2.16. The number of halogens is 1. The molecule has 0 aliphatic carbocycles. The molecule has 1 aromatic heterocycles. The first-order chi connectivity index (χ1) is 10.2. The molecular formula is C16H14FN3O. The fraction of sp³-hybridized carbons (Fsp3) is 0.125. The van der Waals surface area contributed by atoms with Crippen molar-refractivity contribution in [2.75, 3.05) is 0 Å². The summed E-state index contributed by atoms with van der Waals surface area (Å²) in [7, 11) is 0. The predicted octanol–water partition coefficient (Wildman–Crippen LogP) is 2.87. The molecule has 0 unspecified atom stereocenters. The van der Waals surface area contributed by atoms with Gasteiger partial charge >= 0.3 is 0 Å². The highest BCUT2D eigenvalue weighted by molar-refractivity contribution is 5.64. The van der Waals surface area contributed by atoms with Gasteiger partial charge in [-0.25, -0.2) is 9.07 Å². The maximum Gasteiger partial charge on any atom is 0.128 e. The van der Waals surface area contributed by atoms with Crippen molar-refractivity contribution < 1.29 is 9.50 Å². The van der Waals surface area contributed by atoms with Gasteiger partial charge in [0.05, 0.1) is 12.3 Å². The third kappa shape index (κ3) is 2.43. The number of nitrogens with zero attached hydrogens (tertiary/aromatic N) is 3. The van der Waals surface area contributed by atoms with E-state index < -0.39 is 0 Å². The van der Waals surface area contributed by atoms with E-state index in [2.05, 4.69) is 10.3 Å². The van der Waals surface area contributed by atoms with Gasteiger partial charge in [0.1, 0.15) is 17.2 Å². The molecule has 3 rings (SSSR count). The van der Waals surface area contributed by atoms with Gasteiger partial charge in [-0.05, 0) is 24.6 Å². The zero-order chi connectivity index (χ0) is 14.8. The van der Waals surface area contributed by atoms with Crippen molar-refractivity contribution in [3.8, 4) is 16.9 Å². The monoisotopic (exact) mass is 283 g/mol. The highest BCUT2D eigenvalue weighted by atomic mass is 19.1. The lowest BCUT2D eigenvalue weighted by molar-refractivity contribution is 0.277. The number of aliphatic hydroxyl groups is 1. The Labute approximate surface area is 121 Å². The Morgan fingerprint density at radius 3 is 2.57 bits per heavy atom. The number of hydrogen-bond acceptors (Lipinski definition) is 3. The fourth-order valence-electron chi connectivity index (χ4n) is 2.20. The summed E-state index contributed by atoms with van der Waals surface area (Å²) in [5.74, 6) is -0.299. The summed E-state index contributed by atoms with van der Waals surface area (Å²) in [5, 5.41) is 17.5. The van der Waals surface area contributed by atoms with Crippen molar-refractivity contribution in [3.63, 3.8) is 0 Å². The molecule has 0 saturated heterocycles. The molecule has 3 aromatic rings. The molecule has 4 nitrogen and oxygen atoms in total. The van der Waals surface area contributed by atoms with Gasteiger partial charge in [-0.2, -0.15) is 0 Å². The van der Waals surface area contributed by atoms with Crippen LogP contribution in [0.25, 0.3) is 16.9 Å². The molecule has 5 heteroatoms. The van der Waals surface area contributed by atoms with Crippen LogP contribution in [0.15, 0.2) is 48.5 Å². The highest BCUT2D eigenvalue weighted by Crippen LogP contribution is 2.25. The Hall–Kier alpha value is -2.53. The second kappa shape index (κ2) is 5.46. The second-order valence-electron chi connectivity index (χ2n) is 4.75. The number of aryl methyl sites for hydroxylation is 1. The van der Waals surface area contributed by atoms with E-state index in [1.54, 1.807) is 23.7 Å². The van der Waals surface area contributed by atoms with Crippen LogP contribution in [0.4, 0.5) is 4.39 Å². The summed E-state index contributed by atoms with van der Waals surface area (Å²) >= 11 is 0. The number of rotatable bonds is 3. The maximum atomic E-state index is 13.8. The lowest BCUT2D eigenvalue weighted by Crippen LogP contribution is -2.01. The van der Waals surface area contributed by atoms with E-state index in [1.807, 2.05) is 30.3 Å². The largest absolute Gasteiger partial charge is 0.390 e. The van der Waals surface area contributed by atoms with Gasteiger partial charge in [0.2, 0.25) is 0 Å². The molecule has 0 bridgehead atoms. The van der Waals surface area contributed by atoms with E-state index in [9.17, 15) is 9.50 Å². The van der Waals surface area contributed by atoms with E-state index in [0.717, 1.165) is 5.56 Å². The van der Waals surface area contributed by atoms with Crippen LogP contribution in [0.3, 0.4) is 0 Å². The zero-order valence-electron chi connectivity index (χ0n) is 11.5. The number of hydrogen-bond donors (Lipinski definition) is 1. The minimum absolute atomic E-state index is 0.224. The summed E-state index contributed by atoms with van der Waals surface area (Å²) in [4.78, 5) is 0. The summed E-state index contributed by atoms with van der Waals surface area (Å²) in [6.45, 7) is 1.48. The van der Waals surface area contributed by atoms with E-state index in [1.165, 1.54) is 6.07 Å². The summed E-state index contributed by atoms with van der Waals surface area (Å²) in [5.41, 5.74) is 3.14. The molecule has 0 aliphatic rings. The molecule has 0 spiro atoms. The van der Waals surface area contributed by atoms with Gasteiger partial charge < -0.3 is 5.11 Å². The van der Waals surface area contributed by atoms with Gasteiger partial charge in [-0.3, -0.25) is 0 Å². The quantitative estimate of drug-likeness (QED) is 0.804. The van der Waals surface area contributed by atoms with E-state index in [4.69, 9.17) is 0 Å². The maximum absolute atomic E-state index is 13.8. The van der Waals surface area contributed by atoms with Crippen LogP contribution >= 0.6 is 0 Å². The molecule has 0 amide bonds. The number of aliphatic hydroxyl groups excluding tert-OH is 1. The second-order valence-corrected chi connectivity index (χ2v) is 4.75. The molecular weight excluding hydrogens is 269 g/mol. The first-order valence-corrected chi connectivity index (χ1v) is 6.58. The van der Waals surface area contributed by atoms with Crippen LogP contribution in [-0.2, 0) is 6.61 Å². The lowest BCUT2D eigenvalue weighted by Gasteiger charge is -2.08. The van der Waals surface area contributed by atoms with Crippen LogP contribution in [0.5, 0.6) is 0 Å². The van der Waals surface area contributed by atoms with E-state index in [-0.39, 0.29) is 12.4 Å². The van der Waals surface area contributed by atoms with E-state index >= 15 is 0 Å². The minimum atomic E-state index is -0.299. The Morgan fingerprint density at radius 2 is 1.90 bits per heavy atom. The number of aromatic nitrogens is 3. The van der Waals surface area contributed by atoms with Gasteiger partial charge in [0.15, 0.2) is 0 Å². The molecule has 1 heterocycles. The molecule has 0 radical (unpaired) electrons. The van der Waals surface area contributed by atoms with Crippen molar-refractivity contribution >= 4 is 0 Å². The fourth-order valence-corrected chi connectivity index (χ4v) is 2.20. The third-order valence-electron chi connectivity index (χ3n) is 3.34. The van der Waals surface area contributed by atoms with Crippen molar-refractivity contribution in [1.82, 2.24) is 15.0 Å². The molecule has 0 fully saturated rings. The number of benzene rings is 2.